The lowest BCUT2D eigenvalue weighted by Gasteiger charge is -2.32. The molecule has 0 aliphatic carbocycles. The van der Waals surface area contributed by atoms with Gasteiger partial charge in [-0.15, -0.1) is 0 Å². The molecule has 0 aliphatic heterocycles. The molecule has 1 aromatic rings. The quantitative estimate of drug-likeness (QED) is 0.858. The zero-order valence-electron chi connectivity index (χ0n) is 13.2. The van der Waals surface area contributed by atoms with E-state index in [2.05, 4.69) is 58.0 Å². The van der Waals surface area contributed by atoms with Crippen LogP contribution in [-0.2, 0) is 6.42 Å². The van der Waals surface area contributed by atoms with Crippen LogP contribution in [0, 0.1) is 0 Å². The Morgan fingerprint density at radius 2 is 1.95 bits per heavy atom. The fourth-order valence-electron chi connectivity index (χ4n) is 2.33. The Hall–Kier alpha value is -1.06. The minimum Gasteiger partial charge on any atom is -0.496 e. The number of hydrogen-bond acceptors (Lipinski definition) is 3. The van der Waals surface area contributed by atoms with Crippen LogP contribution in [0.15, 0.2) is 18.2 Å². The van der Waals surface area contributed by atoms with E-state index in [1.54, 1.807) is 7.11 Å². The zero-order chi connectivity index (χ0) is 14.6. The van der Waals surface area contributed by atoms with Gasteiger partial charge in [-0.05, 0) is 52.4 Å². The second-order valence-corrected chi connectivity index (χ2v) is 6.10. The molecule has 0 aromatic heterocycles. The standard InChI is InChI=1S/C16H28N2O/c1-7-12-8-9-15(19-6)13(10-12)14(18(4)5)11-16(2,3)17/h8-10,14H,7,11,17H2,1-6H3. The summed E-state index contributed by atoms with van der Waals surface area (Å²) < 4.78 is 5.52. The molecule has 0 heterocycles. The maximum atomic E-state index is 6.21. The summed E-state index contributed by atoms with van der Waals surface area (Å²) in [5.74, 6) is 0.945. The summed E-state index contributed by atoms with van der Waals surface area (Å²) in [4.78, 5) is 2.21. The van der Waals surface area contributed by atoms with Crippen LogP contribution in [0.4, 0.5) is 0 Å². The van der Waals surface area contributed by atoms with Crippen LogP contribution >= 0.6 is 0 Å². The van der Waals surface area contributed by atoms with Gasteiger partial charge in [-0.3, -0.25) is 0 Å². The van der Waals surface area contributed by atoms with E-state index in [1.807, 2.05) is 0 Å². The third-order valence-electron chi connectivity index (χ3n) is 3.40. The van der Waals surface area contributed by atoms with Crippen LogP contribution in [0.25, 0.3) is 0 Å². The lowest BCUT2D eigenvalue weighted by atomic mass is 9.90. The lowest BCUT2D eigenvalue weighted by Crippen LogP contribution is -2.37. The van der Waals surface area contributed by atoms with Gasteiger partial charge < -0.3 is 15.4 Å². The first-order valence-electron chi connectivity index (χ1n) is 6.90. The summed E-state index contributed by atoms with van der Waals surface area (Å²) in [6, 6.07) is 6.70. The Morgan fingerprint density at radius 1 is 1.32 bits per heavy atom. The van der Waals surface area contributed by atoms with Crippen molar-refractivity contribution >= 4 is 0 Å². The summed E-state index contributed by atoms with van der Waals surface area (Å²) >= 11 is 0. The van der Waals surface area contributed by atoms with Gasteiger partial charge in [-0.1, -0.05) is 19.1 Å². The van der Waals surface area contributed by atoms with Crippen LogP contribution in [-0.4, -0.2) is 31.6 Å². The van der Waals surface area contributed by atoms with Crippen molar-refractivity contribution in [3.8, 4) is 5.75 Å². The highest BCUT2D eigenvalue weighted by molar-refractivity contribution is 5.39. The van der Waals surface area contributed by atoms with Crippen molar-refractivity contribution in [3.63, 3.8) is 0 Å². The van der Waals surface area contributed by atoms with Crippen molar-refractivity contribution in [2.75, 3.05) is 21.2 Å². The molecule has 19 heavy (non-hydrogen) atoms. The Morgan fingerprint density at radius 3 is 2.37 bits per heavy atom. The topological polar surface area (TPSA) is 38.5 Å². The highest BCUT2D eigenvalue weighted by Crippen LogP contribution is 2.34. The van der Waals surface area contributed by atoms with E-state index < -0.39 is 0 Å². The minimum atomic E-state index is -0.206. The maximum Gasteiger partial charge on any atom is 0.123 e. The monoisotopic (exact) mass is 264 g/mol. The molecule has 1 rings (SSSR count). The molecule has 108 valence electrons. The van der Waals surface area contributed by atoms with Crippen molar-refractivity contribution in [1.82, 2.24) is 4.90 Å². The van der Waals surface area contributed by atoms with E-state index >= 15 is 0 Å². The Kier molecular flexibility index (Phi) is 5.39. The van der Waals surface area contributed by atoms with Gasteiger partial charge in [-0.25, -0.2) is 0 Å². The van der Waals surface area contributed by atoms with Gasteiger partial charge in [0.25, 0.3) is 0 Å². The fourth-order valence-corrected chi connectivity index (χ4v) is 2.33. The average Bonchev–Trinajstić information content (AvgIpc) is 2.33. The summed E-state index contributed by atoms with van der Waals surface area (Å²) in [5, 5.41) is 0. The van der Waals surface area contributed by atoms with E-state index in [1.165, 1.54) is 11.1 Å². The molecule has 0 saturated heterocycles. The first-order chi connectivity index (χ1) is 8.78. The van der Waals surface area contributed by atoms with E-state index in [9.17, 15) is 0 Å². The zero-order valence-corrected chi connectivity index (χ0v) is 13.2. The SMILES string of the molecule is CCc1ccc(OC)c(C(CC(C)(C)N)N(C)C)c1. The smallest absolute Gasteiger partial charge is 0.123 e. The summed E-state index contributed by atoms with van der Waals surface area (Å²) in [7, 11) is 5.91. The first kappa shape index (κ1) is 16.0. The van der Waals surface area contributed by atoms with Crippen LogP contribution in [0.5, 0.6) is 5.75 Å². The van der Waals surface area contributed by atoms with Crippen LogP contribution in [0.3, 0.4) is 0 Å². The van der Waals surface area contributed by atoms with Gasteiger partial charge >= 0.3 is 0 Å². The van der Waals surface area contributed by atoms with Gasteiger partial charge in [0.1, 0.15) is 5.75 Å². The summed E-state index contributed by atoms with van der Waals surface area (Å²) in [6.07, 6.45) is 1.92. The predicted octanol–water partition coefficient (Wildman–Crippen LogP) is 2.99. The van der Waals surface area contributed by atoms with Gasteiger partial charge in [0.15, 0.2) is 0 Å². The third kappa shape index (κ3) is 4.51. The summed E-state index contributed by atoms with van der Waals surface area (Å²) in [5.41, 5.74) is 8.56. The van der Waals surface area contributed by atoms with Crippen molar-refractivity contribution < 1.29 is 4.74 Å². The molecule has 0 amide bonds. The molecule has 1 unspecified atom stereocenters. The van der Waals surface area contributed by atoms with Crippen LogP contribution < -0.4 is 10.5 Å². The number of rotatable bonds is 6. The van der Waals surface area contributed by atoms with E-state index in [4.69, 9.17) is 10.5 Å². The largest absolute Gasteiger partial charge is 0.496 e. The molecule has 0 radical (unpaired) electrons. The van der Waals surface area contributed by atoms with E-state index in [0.29, 0.717) is 0 Å². The van der Waals surface area contributed by atoms with Gasteiger partial charge in [0.2, 0.25) is 0 Å². The van der Waals surface area contributed by atoms with Crippen molar-refractivity contribution in [2.45, 2.75) is 45.2 Å². The Bertz CT molecular complexity index is 408. The maximum absolute atomic E-state index is 6.21. The fraction of sp³-hybridized carbons (Fsp3) is 0.625. The molecule has 3 nitrogen and oxygen atoms in total. The van der Waals surface area contributed by atoms with Gasteiger partial charge in [-0.2, -0.15) is 0 Å². The minimum absolute atomic E-state index is 0.206. The predicted molar refractivity (Wildman–Crippen MR) is 81.7 cm³/mol. The third-order valence-corrected chi connectivity index (χ3v) is 3.40. The molecule has 0 aliphatic rings. The lowest BCUT2D eigenvalue weighted by molar-refractivity contribution is 0.237. The molecule has 1 aromatic carbocycles. The summed E-state index contributed by atoms with van der Waals surface area (Å²) in [6.45, 7) is 6.31. The van der Waals surface area contributed by atoms with Crippen molar-refractivity contribution in [2.24, 2.45) is 5.73 Å². The molecule has 3 heteroatoms. The normalized spacial score (nSPS) is 13.7. The molecule has 2 N–H and O–H groups in total. The van der Waals surface area contributed by atoms with Crippen molar-refractivity contribution in [3.05, 3.63) is 29.3 Å². The Labute approximate surface area is 117 Å². The van der Waals surface area contributed by atoms with E-state index in [-0.39, 0.29) is 11.6 Å². The molecule has 0 saturated carbocycles. The number of aryl methyl sites for hydroxylation is 1. The Balaban J connectivity index is 3.20. The number of ether oxygens (including phenoxy) is 1. The molecular weight excluding hydrogens is 236 g/mol. The number of nitrogens with two attached hydrogens (primary N) is 1. The van der Waals surface area contributed by atoms with Crippen LogP contribution in [0.1, 0.15) is 44.4 Å². The molecule has 0 bridgehead atoms. The number of benzene rings is 1. The highest BCUT2D eigenvalue weighted by Gasteiger charge is 2.25. The molecule has 0 fully saturated rings. The van der Waals surface area contributed by atoms with Crippen LogP contribution in [0.2, 0.25) is 0 Å². The molecule has 0 spiro atoms. The number of hydrogen-bond donors (Lipinski definition) is 1. The first-order valence-corrected chi connectivity index (χ1v) is 6.90. The van der Waals surface area contributed by atoms with Gasteiger partial charge in [0.05, 0.1) is 7.11 Å². The number of methoxy groups -OCH3 is 1. The van der Waals surface area contributed by atoms with E-state index in [0.717, 1.165) is 18.6 Å². The second-order valence-electron chi connectivity index (χ2n) is 6.10. The van der Waals surface area contributed by atoms with Gasteiger partial charge in [0, 0.05) is 17.1 Å². The molecule has 1 atom stereocenters. The van der Waals surface area contributed by atoms with Crippen molar-refractivity contribution in [1.29, 1.82) is 0 Å². The average molecular weight is 264 g/mol. The second kappa shape index (κ2) is 6.40. The highest BCUT2D eigenvalue weighted by atomic mass is 16.5. The molecular formula is C16H28N2O. The number of nitrogens with zero attached hydrogens (tertiary/aromatic N) is 1.